The number of carbonyl (C=O) groups excluding carboxylic acids is 3. The van der Waals surface area contributed by atoms with E-state index < -0.39 is 0 Å². The lowest BCUT2D eigenvalue weighted by atomic mass is 9.81. The van der Waals surface area contributed by atoms with E-state index in [1.165, 1.54) is 0 Å². The summed E-state index contributed by atoms with van der Waals surface area (Å²) in [5, 5.41) is 2.93. The maximum atomic E-state index is 13.0. The van der Waals surface area contributed by atoms with Crippen LogP contribution in [0, 0.1) is 29.6 Å². The van der Waals surface area contributed by atoms with Crippen molar-refractivity contribution in [3.63, 3.8) is 0 Å². The summed E-state index contributed by atoms with van der Waals surface area (Å²) in [6.07, 6.45) is 7.84. The van der Waals surface area contributed by atoms with Crippen molar-refractivity contribution in [2.75, 3.05) is 0 Å². The predicted octanol–water partition coefficient (Wildman–Crippen LogP) is 2.49. The number of rotatable bonds is 4. The number of fused-ring (bicyclic) bond motifs is 5. The molecule has 1 N–H and O–H groups in total. The van der Waals surface area contributed by atoms with Crippen LogP contribution in [-0.4, -0.2) is 28.7 Å². The Morgan fingerprint density at radius 3 is 2.30 bits per heavy atom. The highest BCUT2D eigenvalue weighted by atomic mass is 16.3. The summed E-state index contributed by atoms with van der Waals surface area (Å²) < 4.78 is 5.24. The van der Waals surface area contributed by atoms with Crippen LogP contribution in [0.2, 0.25) is 0 Å². The van der Waals surface area contributed by atoms with E-state index in [0.29, 0.717) is 18.4 Å². The number of hydrogen-bond donors (Lipinski definition) is 1. The summed E-state index contributed by atoms with van der Waals surface area (Å²) in [5.41, 5.74) is 0. The lowest BCUT2D eigenvalue weighted by Gasteiger charge is -2.33. The Bertz CT molecular complexity index is 722. The SMILES string of the molecule is O=C(NCc1ccco1)C1CCC(N2C(=O)[C@H]3[C@@H]4CC[C@@H](C4)[C@@H]3C2=O)CC1. The van der Waals surface area contributed by atoms with Gasteiger partial charge in [-0.15, -0.1) is 0 Å². The van der Waals surface area contributed by atoms with Gasteiger partial charge >= 0.3 is 0 Å². The van der Waals surface area contributed by atoms with Crippen LogP contribution in [-0.2, 0) is 20.9 Å². The normalized spacial score (nSPS) is 37.7. The van der Waals surface area contributed by atoms with Crippen molar-refractivity contribution in [2.45, 2.75) is 57.5 Å². The van der Waals surface area contributed by atoms with Gasteiger partial charge in [0.15, 0.2) is 0 Å². The molecule has 4 aliphatic rings. The molecule has 6 nitrogen and oxygen atoms in total. The predicted molar refractivity (Wildman–Crippen MR) is 96.0 cm³/mol. The molecule has 4 atom stereocenters. The fourth-order valence-corrected chi connectivity index (χ4v) is 6.12. The molecular weight excluding hydrogens is 344 g/mol. The van der Waals surface area contributed by atoms with Gasteiger partial charge in [-0.3, -0.25) is 19.3 Å². The Balaban J connectivity index is 1.18. The van der Waals surface area contributed by atoms with Gasteiger partial charge < -0.3 is 9.73 Å². The van der Waals surface area contributed by atoms with Crippen LogP contribution in [0.1, 0.15) is 50.7 Å². The van der Waals surface area contributed by atoms with Crippen LogP contribution in [0.3, 0.4) is 0 Å². The molecule has 1 aromatic heterocycles. The largest absolute Gasteiger partial charge is 0.467 e. The minimum Gasteiger partial charge on any atom is -0.467 e. The fraction of sp³-hybridized carbons (Fsp3) is 0.667. The highest BCUT2D eigenvalue weighted by molar-refractivity contribution is 6.06. The quantitative estimate of drug-likeness (QED) is 0.826. The summed E-state index contributed by atoms with van der Waals surface area (Å²) in [6, 6.07) is 3.63. The molecule has 27 heavy (non-hydrogen) atoms. The third-order valence-corrected chi connectivity index (χ3v) is 7.41. The molecule has 1 saturated heterocycles. The van der Waals surface area contributed by atoms with E-state index in [9.17, 15) is 14.4 Å². The lowest BCUT2D eigenvalue weighted by Crippen LogP contribution is -2.45. The Labute approximate surface area is 158 Å². The lowest BCUT2D eigenvalue weighted by molar-refractivity contribution is -0.144. The molecule has 0 aromatic carbocycles. The van der Waals surface area contributed by atoms with Crippen molar-refractivity contribution >= 4 is 17.7 Å². The van der Waals surface area contributed by atoms with E-state index in [-0.39, 0.29) is 41.5 Å². The standard InChI is InChI=1S/C21H26N2O4/c24-19(22-11-16-2-1-9-27-16)12-5-7-15(8-6-12)23-20(25)17-13-3-4-14(10-13)18(17)21(23)26/h1-2,9,12-15,17-18H,3-8,10-11H2,(H,22,24)/t12?,13-,14+,15?,17-,18-/m0/s1. The molecule has 6 heteroatoms. The monoisotopic (exact) mass is 370 g/mol. The highest BCUT2D eigenvalue weighted by Crippen LogP contribution is 2.56. The smallest absolute Gasteiger partial charge is 0.233 e. The molecule has 2 heterocycles. The van der Waals surface area contributed by atoms with E-state index in [0.717, 1.165) is 50.7 Å². The molecule has 3 amide bonds. The molecule has 4 fully saturated rings. The van der Waals surface area contributed by atoms with Crippen LogP contribution in [0.15, 0.2) is 22.8 Å². The third-order valence-electron chi connectivity index (χ3n) is 7.41. The van der Waals surface area contributed by atoms with Crippen LogP contribution < -0.4 is 5.32 Å². The molecular formula is C21H26N2O4. The number of hydrogen-bond acceptors (Lipinski definition) is 4. The number of carbonyl (C=O) groups is 3. The number of likely N-dealkylation sites (tertiary alicyclic amines) is 1. The maximum Gasteiger partial charge on any atom is 0.233 e. The number of nitrogens with zero attached hydrogens (tertiary/aromatic N) is 1. The summed E-state index contributed by atoms with van der Waals surface area (Å²) in [6.45, 7) is 0.404. The first-order chi connectivity index (χ1) is 13.1. The second-order valence-corrected chi connectivity index (χ2v) is 8.73. The van der Waals surface area contributed by atoms with E-state index in [4.69, 9.17) is 4.42 Å². The van der Waals surface area contributed by atoms with Crippen molar-refractivity contribution in [1.82, 2.24) is 10.2 Å². The van der Waals surface area contributed by atoms with Crippen molar-refractivity contribution < 1.29 is 18.8 Å². The first-order valence-electron chi connectivity index (χ1n) is 10.3. The molecule has 3 aliphatic carbocycles. The van der Waals surface area contributed by atoms with E-state index in [1.54, 1.807) is 17.2 Å². The first-order valence-corrected chi connectivity index (χ1v) is 10.3. The molecule has 144 valence electrons. The van der Waals surface area contributed by atoms with E-state index in [2.05, 4.69) is 5.32 Å². The fourth-order valence-electron chi connectivity index (χ4n) is 6.12. The van der Waals surface area contributed by atoms with Gasteiger partial charge in [-0.05, 0) is 68.9 Å². The Hall–Kier alpha value is -2.11. The summed E-state index contributed by atoms with van der Waals surface area (Å²) in [7, 11) is 0. The Morgan fingerprint density at radius 2 is 1.70 bits per heavy atom. The summed E-state index contributed by atoms with van der Waals surface area (Å²) >= 11 is 0. The topological polar surface area (TPSA) is 79.6 Å². The summed E-state index contributed by atoms with van der Waals surface area (Å²) in [4.78, 5) is 39.9. The Kier molecular flexibility index (Phi) is 4.10. The molecule has 0 spiro atoms. The average Bonchev–Trinajstić information content (AvgIpc) is 3.45. The molecule has 1 aliphatic heterocycles. The molecule has 1 aromatic rings. The van der Waals surface area contributed by atoms with Gasteiger partial charge in [0.05, 0.1) is 24.6 Å². The van der Waals surface area contributed by atoms with Crippen molar-refractivity contribution in [3.05, 3.63) is 24.2 Å². The number of furan rings is 1. The highest BCUT2D eigenvalue weighted by Gasteiger charge is 2.61. The van der Waals surface area contributed by atoms with Crippen molar-refractivity contribution in [1.29, 1.82) is 0 Å². The maximum absolute atomic E-state index is 13.0. The van der Waals surface area contributed by atoms with Crippen molar-refractivity contribution in [2.24, 2.45) is 29.6 Å². The van der Waals surface area contributed by atoms with Crippen LogP contribution >= 0.6 is 0 Å². The zero-order valence-corrected chi connectivity index (χ0v) is 15.4. The molecule has 5 rings (SSSR count). The van der Waals surface area contributed by atoms with E-state index in [1.807, 2.05) is 6.07 Å². The molecule has 3 saturated carbocycles. The van der Waals surface area contributed by atoms with Crippen molar-refractivity contribution in [3.8, 4) is 0 Å². The molecule has 0 radical (unpaired) electrons. The van der Waals surface area contributed by atoms with Gasteiger partial charge in [0.2, 0.25) is 17.7 Å². The zero-order valence-electron chi connectivity index (χ0n) is 15.4. The van der Waals surface area contributed by atoms with Crippen LogP contribution in [0.4, 0.5) is 0 Å². The van der Waals surface area contributed by atoms with E-state index >= 15 is 0 Å². The van der Waals surface area contributed by atoms with Gasteiger partial charge in [0.25, 0.3) is 0 Å². The first kappa shape index (κ1) is 17.0. The van der Waals surface area contributed by atoms with Crippen LogP contribution in [0.25, 0.3) is 0 Å². The Morgan fingerprint density at radius 1 is 1.04 bits per heavy atom. The number of imide groups is 1. The second kappa shape index (κ2) is 6.50. The molecule has 0 unspecified atom stereocenters. The zero-order chi connectivity index (χ0) is 18.5. The van der Waals surface area contributed by atoms with Gasteiger partial charge in [-0.25, -0.2) is 0 Å². The number of nitrogens with one attached hydrogen (secondary N) is 1. The summed E-state index contributed by atoms with van der Waals surface area (Å²) in [5.74, 6) is 1.71. The van der Waals surface area contributed by atoms with Gasteiger partial charge in [0, 0.05) is 12.0 Å². The number of amides is 3. The average molecular weight is 370 g/mol. The van der Waals surface area contributed by atoms with Gasteiger partial charge in [0.1, 0.15) is 5.76 Å². The van der Waals surface area contributed by atoms with Crippen LogP contribution in [0.5, 0.6) is 0 Å². The third kappa shape index (κ3) is 2.72. The minimum absolute atomic E-state index is 0.0101. The minimum atomic E-state index is -0.0419. The molecule has 2 bridgehead atoms. The second-order valence-electron chi connectivity index (χ2n) is 8.73. The van der Waals surface area contributed by atoms with Gasteiger partial charge in [-0.2, -0.15) is 0 Å². The van der Waals surface area contributed by atoms with Gasteiger partial charge in [-0.1, -0.05) is 0 Å².